The number of benzene rings is 2. The Morgan fingerprint density at radius 1 is 1.14 bits per heavy atom. The van der Waals surface area contributed by atoms with E-state index in [-0.39, 0.29) is 5.91 Å². The van der Waals surface area contributed by atoms with Gasteiger partial charge >= 0.3 is 0 Å². The molecule has 2 aromatic rings. The monoisotopic (exact) mass is 300 g/mol. The molecular weight excluding hydrogens is 279 g/mol. The fraction of sp³-hybridized carbons (Fsp3) is 0.278. The van der Waals surface area contributed by atoms with E-state index in [1.54, 1.807) is 6.07 Å². The molecule has 2 N–H and O–H groups in total. The zero-order valence-electron chi connectivity index (χ0n) is 12.9. The van der Waals surface area contributed by atoms with Crippen LogP contribution in [0.5, 0.6) is 0 Å². The highest BCUT2D eigenvalue weighted by Gasteiger charge is 2.09. The molecule has 4 heteroatoms. The molecule has 0 spiro atoms. The van der Waals surface area contributed by atoms with E-state index in [1.165, 1.54) is 12.1 Å². The van der Waals surface area contributed by atoms with Crippen LogP contribution < -0.4 is 10.6 Å². The molecule has 2 aromatic carbocycles. The van der Waals surface area contributed by atoms with Gasteiger partial charge < -0.3 is 10.6 Å². The van der Waals surface area contributed by atoms with Crippen molar-refractivity contribution in [2.24, 2.45) is 0 Å². The summed E-state index contributed by atoms with van der Waals surface area (Å²) in [5, 5.41) is 5.92. The van der Waals surface area contributed by atoms with Gasteiger partial charge in [-0.25, -0.2) is 4.39 Å². The van der Waals surface area contributed by atoms with Crippen LogP contribution in [0.4, 0.5) is 15.8 Å². The van der Waals surface area contributed by atoms with Gasteiger partial charge in [-0.2, -0.15) is 0 Å². The van der Waals surface area contributed by atoms with Gasteiger partial charge in [0.05, 0.1) is 0 Å². The highest BCUT2D eigenvalue weighted by atomic mass is 19.1. The fourth-order valence-corrected chi connectivity index (χ4v) is 2.16. The van der Waals surface area contributed by atoms with Crippen molar-refractivity contribution >= 4 is 17.3 Å². The van der Waals surface area contributed by atoms with Crippen LogP contribution in [0.25, 0.3) is 0 Å². The van der Waals surface area contributed by atoms with Crippen molar-refractivity contribution in [3.63, 3.8) is 0 Å². The lowest BCUT2D eigenvalue weighted by atomic mass is 10.1. The first kappa shape index (κ1) is 16.0. The predicted molar refractivity (Wildman–Crippen MR) is 88.9 cm³/mol. The number of hydrogen-bond acceptors (Lipinski definition) is 2. The van der Waals surface area contributed by atoms with Gasteiger partial charge in [0.2, 0.25) is 0 Å². The number of carbonyl (C=O) groups excluding carboxylic acids is 1. The number of rotatable bonds is 6. The summed E-state index contributed by atoms with van der Waals surface area (Å²) in [5.41, 5.74) is 2.69. The van der Waals surface area contributed by atoms with Crippen molar-refractivity contribution < 1.29 is 9.18 Å². The van der Waals surface area contributed by atoms with Crippen LogP contribution in [0, 0.1) is 12.7 Å². The number of anilines is 2. The average Bonchev–Trinajstić information content (AvgIpc) is 2.47. The first-order chi connectivity index (χ1) is 10.6. The van der Waals surface area contributed by atoms with E-state index in [9.17, 15) is 9.18 Å². The highest BCUT2D eigenvalue weighted by molar-refractivity contribution is 6.04. The van der Waals surface area contributed by atoms with Crippen LogP contribution in [0.1, 0.15) is 35.7 Å². The van der Waals surface area contributed by atoms with Gasteiger partial charge in [0, 0.05) is 23.5 Å². The lowest BCUT2D eigenvalue weighted by Crippen LogP contribution is -2.13. The van der Waals surface area contributed by atoms with Gasteiger partial charge in [0.1, 0.15) is 5.82 Å². The van der Waals surface area contributed by atoms with Gasteiger partial charge in [-0.05, 0) is 49.2 Å². The Morgan fingerprint density at radius 3 is 2.68 bits per heavy atom. The molecule has 1 amide bonds. The maximum Gasteiger partial charge on any atom is 0.255 e. The van der Waals surface area contributed by atoms with E-state index in [2.05, 4.69) is 17.6 Å². The first-order valence-corrected chi connectivity index (χ1v) is 7.51. The van der Waals surface area contributed by atoms with Crippen LogP contribution >= 0.6 is 0 Å². The number of amides is 1. The molecule has 0 heterocycles. The van der Waals surface area contributed by atoms with Crippen molar-refractivity contribution in [2.75, 3.05) is 17.2 Å². The second kappa shape index (κ2) is 7.59. The minimum absolute atomic E-state index is 0.306. The zero-order chi connectivity index (χ0) is 15.9. The molecule has 0 aliphatic rings. The number of aryl methyl sites for hydroxylation is 1. The molecule has 0 bridgehead atoms. The van der Waals surface area contributed by atoms with Gasteiger partial charge in [-0.1, -0.05) is 25.5 Å². The van der Waals surface area contributed by atoms with Crippen LogP contribution in [0.3, 0.4) is 0 Å². The molecule has 22 heavy (non-hydrogen) atoms. The van der Waals surface area contributed by atoms with Crippen LogP contribution in [0.2, 0.25) is 0 Å². The lowest BCUT2D eigenvalue weighted by molar-refractivity contribution is 0.102. The Bertz CT molecular complexity index is 655. The lowest BCUT2D eigenvalue weighted by Gasteiger charge is -2.10. The normalized spacial score (nSPS) is 10.3. The van der Waals surface area contributed by atoms with Crippen molar-refractivity contribution in [1.29, 1.82) is 0 Å². The zero-order valence-corrected chi connectivity index (χ0v) is 12.9. The summed E-state index contributed by atoms with van der Waals surface area (Å²) >= 11 is 0. The van der Waals surface area contributed by atoms with E-state index < -0.39 is 5.82 Å². The molecule has 0 fully saturated rings. The molecule has 0 aliphatic heterocycles. The second-order valence-corrected chi connectivity index (χ2v) is 5.33. The van der Waals surface area contributed by atoms with E-state index >= 15 is 0 Å². The maximum absolute atomic E-state index is 13.7. The second-order valence-electron chi connectivity index (χ2n) is 5.33. The van der Waals surface area contributed by atoms with Crippen LogP contribution in [0.15, 0.2) is 42.5 Å². The van der Waals surface area contributed by atoms with Crippen LogP contribution in [-0.2, 0) is 0 Å². The van der Waals surface area contributed by atoms with E-state index in [0.29, 0.717) is 16.9 Å². The Labute approximate surface area is 130 Å². The number of nitrogens with one attached hydrogen (secondary N) is 2. The summed E-state index contributed by atoms with van der Waals surface area (Å²) in [5.74, 6) is -0.737. The van der Waals surface area contributed by atoms with Crippen molar-refractivity contribution in [2.45, 2.75) is 26.7 Å². The van der Waals surface area contributed by atoms with Crippen molar-refractivity contribution in [3.8, 4) is 0 Å². The summed E-state index contributed by atoms with van der Waals surface area (Å²) in [6, 6.07) is 11.8. The Morgan fingerprint density at radius 2 is 1.95 bits per heavy atom. The summed E-state index contributed by atoms with van der Waals surface area (Å²) in [6.45, 7) is 4.81. The summed E-state index contributed by atoms with van der Waals surface area (Å²) < 4.78 is 13.7. The number of hydrogen-bond donors (Lipinski definition) is 2. The van der Waals surface area contributed by atoms with Crippen molar-refractivity contribution in [3.05, 3.63) is 59.4 Å². The molecule has 2 rings (SSSR count). The predicted octanol–water partition coefficient (Wildman–Crippen LogP) is 4.60. The fourth-order valence-electron chi connectivity index (χ4n) is 2.16. The molecular formula is C18H21FN2O. The first-order valence-electron chi connectivity index (χ1n) is 7.51. The molecule has 0 saturated heterocycles. The Balaban J connectivity index is 2.11. The number of halogens is 1. The minimum Gasteiger partial charge on any atom is -0.385 e. The van der Waals surface area contributed by atoms with Gasteiger partial charge in [-0.15, -0.1) is 0 Å². The SMILES string of the molecule is CCCCNc1cc(F)cc(C(=O)Nc2cccc(C)c2)c1. The van der Waals surface area contributed by atoms with E-state index in [1.807, 2.05) is 31.2 Å². The molecule has 0 aromatic heterocycles. The molecule has 3 nitrogen and oxygen atoms in total. The quantitative estimate of drug-likeness (QED) is 0.766. The summed E-state index contributed by atoms with van der Waals surface area (Å²) in [7, 11) is 0. The Kier molecular flexibility index (Phi) is 5.53. The van der Waals surface area contributed by atoms with Crippen LogP contribution in [-0.4, -0.2) is 12.5 Å². The van der Waals surface area contributed by atoms with E-state index in [4.69, 9.17) is 0 Å². The van der Waals surface area contributed by atoms with Crippen molar-refractivity contribution in [1.82, 2.24) is 0 Å². The standard InChI is InChI=1S/C18H21FN2O/c1-3-4-8-20-17-11-14(10-15(19)12-17)18(22)21-16-7-5-6-13(2)9-16/h5-7,9-12,20H,3-4,8H2,1-2H3,(H,21,22). The minimum atomic E-state index is -0.420. The van der Waals surface area contributed by atoms with Gasteiger partial charge in [0.25, 0.3) is 5.91 Å². The largest absolute Gasteiger partial charge is 0.385 e. The summed E-state index contributed by atoms with van der Waals surface area (Å²) in [4.78, 5) is 12.3. The van der Waals surface area contributed by atoms with Gasteiger partial charge in [-0.3, -0.25) is 4.79 Å². The third-order valence-corrected chi connectivity index (χ3v) is 3.30. The molecule has 0 unspecified atom stereocenters. The average molecular weight is 300 g/mol. The maximum atomic E-state index is 13.7. The topological polar surface area (TPSA) is 41.1 Å². The molecule has 0 atom stereocenters. The van der Waals surface area contributed by atoms with E-state index in [0.717, 1.165) is 24.9 Å². The highest BCUT2D eigenvalue weighted by Crippen LogP contribution is 2.17. The Hall–Kier alpha value is -2.36. The number of unbranched alkanes of at least 4 members (excludes halogenated alkanes) is 1. The third kappa shape index (κ3) is 4.58. The summed E-state index contributed by atoms with van der Waals surface area (Å²) in [6.07, 6.45) is 2.06. The van der Waals surface area contributed by atoms with Gasteiger partial charge in [0.15, 0.2) is 0 Å². The third-order valence-electron chi connectivity index (χ3n) is 3.30. The smallest absolute Gasteiger partial charge is 0.255 e. The molecule has 0 radical (unpaired) electrons. The molecule has 0 aliphatic carbocycles. The number of carbonyl (C=O) groups is 1. The molecule has 0 saturated carbocycles. The molecule has 116 valence electrons.